The number of fused-ring (bicyclic) bond motifs is 2. The van der Waals surface area contributed by atoms with E-state index in [1.54, 1.807) is 23.0 Å². The molecule has 0 saturated carbocycles. The van der Waals surface area contributed by atoms with Crippen LogP contribution in [0.2, 0.25) is 5.02 Å². The first-order valence-electron chi connectivity index (χ1n) is 8.87. The molecule has 2 unspecified atom stereocenters. The maximum absolute atomic E-state index is 12.7. The molecular formula is C19H20ClN5O. The van der Waals surface area contributed by atoms with E-state index in [1.165, 1.54) is 0 Å². The number of halogens is 1. The van der Waals surface area contributed by atoms with Crippen LogP contribution in [0.5, 0.6) is 0 Å². The van der Waals surface area contributed by atoms with Crippen molar-refractivity contribution in [1.82, 2.24) is 20.0 Å². The molecule has 134 valence electrons. The number of piperidine rings is 1. The Bertz CT molecular complexity index is 886. The molecule has 2 bridgehead atoms. The second kappa shape index (κ2) is 6.65. The number of nitrogens with zero attached hydrogens (tertiary/aromatic N) is 4. The molecule has 0 radical (unpaired) electrons. The summed E-state index contributed by atoms with van der Waals surface area (Å²) in [5, 5.41) is 17.1. The summed E-state index contributed by atoms with van der Waals surface area (Å²) in [6, 6.07) is 5.75. The van der Waals surface area contributed by atoms with Gasteiger partial charge in [0, 0.05) is 12.2 Å². The van der Waals surface area contributed by atoms with E-state index in [2.05, 4.69) is 16.6 Å². The minimum atomic E-state index is -0.188. The predicted octanol–water partition coefficient (Wildman–Crippen LogP) is 3.04. The zero-order valence-electron chi connectivity index (χ0n) is 14.5. The van der Waals surface area contributed by atoms with Crippen molar-refractivity contribution in [3.05, 3.63) is 46.7 Å². The Morgan fingerprint density at radius 3 is 2.85 bits per heavy atom. The Hall–Kier alpha value is -2.52. The smallest absolute Gasteiger partial charge is 0.253 e. The lowest BCUT2D eigenvalue weighted by Gasteiger charge is -2.36. The average Bonchev–Trinajstić information content (AvgIpc) is 3.19. The summed E-state index contributed by atoms with van der Waals surface area (Å²) < 4.78 is 1.73. The number of hydrogen-bond acceptors (Lipinski definition) is 4. The lowest BCUT2D eigenvalue weighted by atomic mass is 9.97. The Balaban J connectivity index is 1.51. The quantitative estimate of drug-likeness (QED) is 0.844. The zero-order valence-corrected chi connectivity index (χ0v) is 15.3. The predicted molar refractivity (Wildman–Crippen MR) is 98.1 cm³/mol. The van der Waals surface area contributed by atoms with Gasteiger partial charge in [-0.3, -0.25) is 4.79 Å². The first-order chi connectivity index (χ1) is 12.6. The molecule has 1 aromatic heterocycles. The molecule has 2 aliphatic rings. The number of carbonyl (C=O) groups is 1. The van der Waals surface area contributed by atoms with Crippen LogP contribution < -0.4 is 5.32 Å². The molecule has 3 heterocycles. The highest BCUT2D eigenvalue weighted by Crippen LogP contribution is 2.35. The van der Waals surface area contributed by atoms with Crippen LogP contribution in [0.15, 0.2) is 30.6 Å². The third-order valence-electron chi connectivity index (χ3n) is 5.43. The number of amides is 1. The molecule has 1 amide bonds. The van der Waals surface area contributed by atoms with Crippen molar-refractivity contribution in [3.8, 4) is 11.9 Å². The molecule has 2 fully saturated rings. The summed E-state index contributed by atoms with van der Waals surface area (Å²) in [5.41, 5.74) is 2.31. The third kappa shape index (κ3) is 2.93. The molecule has 2 aliphatic heterocycles. The highest BCUT2D eigenvalue weighted by atomic mass is 35.5. The Kier molecular flexibility index (Phi) is 4.33. The maximum Gasteiger partial charge on any atom is 0.253 e. The van der Waals surface area contributed by atoms with E-state index < -0.39 is 0 Å². The first-order valence-corrected chi connectivity index (χ1v) is 9.25. The molecule has 3 atom stereocenters. The van der Waals surface area contributed by atoms with Gasteiger partial charge in [0.15, 0.2) is 6.19 Å². The molecule has 1 aromatic carbocycles. The summed E-state index contributed by atoms with van der Waals surface area (Å²) >= 11 is 6.37. The van der Waals surface area contributed by atoms with Gasteiger partial charge in [-0.05, 0) is 56.4 Å². The molecule has 0 aliphatic carbocycles. The van der Waals surface area contributed by atoms with Gasteiger partial charge in [0.05, 0.1) is 34.6 Å². The number of aromatic nitrogens is 2. The summed E-state index contributed by atoms with van der Waals surface area (Å²) in [6.07, 6.45) is 9.80. The van der Waals surface area contributed by atoms with E-state index >= 15 is 0 Å². The molecule has 1 N–H and O–H groups in total. The van der Waals surface area contributed by atoms with Crippen molar-refractivity contribution in [2.45, 2.75) is 50.7 Å². The fourth-order valence-electron chi connectivity index (χ4n) is 4.11. The van der Waals surface area contributed by atoms with Crippen LogP contribution in [0.4, 0.5) is 0 Å². The monoisotopic (exact) mass is 369 g/mol. The second-order valence-corrected chi connectivity index (χ2v) is 7.50. The normalized spacial score (nSPS) is 24.3. The van der Waals surface area contributed by atoms with Gasteiger partial charge in [-0.1, -0.05) is 11.6 Å². The molecule has 4 rings (SSSR count). The number of hydrogen-bond donors (Lipinski definition) is 1. The van der Waals surface area contributed by atoms with Crippen LogP contribution in [0, 0.1) is 18.4 Å². The fourth-order valence-corrected chi connectivity index (χ4v) is 4.37. The van der Waals surface area contributed by atoms with E-state index in [9.17, 15) is 10.1 Å². The van der Waals surface area contributed by atoms with Crippen LogP contribution >= 0.6 is 11.6 Å². The molecule has 6 nitrogen and oxygen atoms in total. The third-order valence-corrected chi connectivity index (χ3v) is 5.74. The highest BCUT2D eigenvalue weighted by Gasteiger charge is 2.42. The lowest BCUT2D eigenvalue weighted by molar-refractivity contribution is 0.0882. The van der Waals surface area contributed by atoms with Crippen molar-refractivity contribution in [1.29, 1.82) is 5.26 Å². The minimum absolute atomic E-state index is 0.00888. The molecule has 26 heavy (non-hydrogen) atoms. The van der Waals surface area contributed by atoms with Crippen LogP contribution in [0.1, 0.15) is 41.6 Å². The number of carbonyl (C=O) groups excluding carboxylic acids is 1. The molecular weight excluding hydrogens is 350 g/mol. The van der Waals surface area contributed by atoms with Crippen molar-refractivity contribution in [2.75, 3.05) is 0 Å². The van der Waals surface area contributed by atoms with Crippen LogP contribution in [-0.2, 0) is 0 Å². The van der Waals surface area contributed by atoms with E-state index in [0.717, 1.165) is 36.9 Å². The summed E-state index contributed by atoms with van der Waals surface area (Å²) in [5.74, 6) is -0.188. The Morgan fingerprint density at radius 2 is 2.15 bits per heavy atom. The summed E-state index contributed by atoms with van der Waals surface area (Å²) in [7, 11) is 0. The van der Waals surface area contributed by atoms with Crippen LogP contribution in [0.3, 0.4) is 0 Å². The van der Waals surface area contributed by atoms with Gasteiger partial charge >= 0.3 is 0 Å². The van der Waals surface area contributed by atoms with Gasteiger partial charge in [-0.25, -0.2) is 4.68 Å². The van der Waals surface area contributed by atoms with Crippen molar-refractivity contribution in [2.24, 2.45) is 0 Å². The van der Waals surface area contributed by atoms with E-state index in [0.29, 0.717) is 16.6 Å². The lowest BCUT2D eigenvalue weighted by Crippen LogP contribution is -2.52. The second-order valence-electron chi connectivity index (χ2n) is 7.09. The first kappa shape index (κ1) is 16.9. The van der Waals surface area contributed by atoms with Crippen molar-refractivity contribution < 1.29 is 4.79 Å². The van der Waals surface area contributed by atoms with Crippen LogP contribution in [-0.4, -0.2) is 38.7 Å². The number of nitriles is 1. The Labute approximate surface area is 157 Å². The average molecular weight is 370 g/mol. The minimum Gasteiger partial charge on any atom is -0.347 e. The zero-order chi connectivity index (χ0) is 18.3. The fraction of sp³-hybridized carbons (Fsp3) is 0.421. The van der Waals surface area contributed by atoms with E-state index in [4.69, 9.17) is 11.6 Å². The van der Waals surface area contributed by atoms with Gasteiger partial charge in [-0.15, -0.1) is 0 Å². The number of rotatable bonds is 3. The topological polar surface area (TPSA) is 74.0 Å². The van der Waals surface area contributed by atoms with Gasteiger partial charge in [0.1, 0.15) is 0 Å². The molecule has 7 heteroatoms. The standard InChI is InChI=1S/C19H20ClN5O/c1-12-9-22-25(10-12)14-2-5-15(16(20)8-14)19(26)23-17-6-3-13-4-7-18(17)24(13)11-21/h2,5,8-10,13,17-18H,3-4,6-7H2,1H3,(H,23,26)/t13?,17-,18?/m1/s1. The molecule has 2 aromatic rings. The summed E-state index contributed by atoms with van der Waals surface area (Å²) in [4.78, 5) is 14.6. The van der Waals surface area contributed by atoms with Gasteiger partial charge in [0.25, 0.3) is 5.91 Å². The molecule has 2 saturated heterocycles. The number of aryl methyl sites for hydroxylation is 1. The number of nitrogens with one attached hydrogen (secondary N) is 1. The van der Waals surface area contributed by atoms with E-state index in [1.807, 2.05) is 24.1 Å². The van der Waals surface area contributed by atoms with Gasteiger partial charge in [0.2, 0.25) is 0 Å². The highest BCUT2D eigenvalue weighted by molar-refractivity contribution is 6.34. The van der Waals surface area contributed by atoms with Crippen LogP contribution in [0.25, 0.3) is 5.69 Å². The van der Waals surface area contributed by atoms with E-state index in [-0.39, 0.29) is 18.0 Å². The summed E-state index contributed by atoms with van der Waals surface area (Å²) in [6.45, 7) is 1.97. The van der Waals surface area contributed by atoms with Gasteiger partial charge in [-0.2, -0.15) is 10.4 Å². The maximum atomic E-state index is 12.7. The molecule has 0 spiro atoms. The SMILES string of the molecule is Cc1cnn(-c2ccc(C(=O)N[C@@H]3CCC4CCC3N4C#N)c(Cl)c2)c1. The van der Waals surface area contributed by atoms with Gasteiger partial charge < -0.3 is 10.2 Å². The number of benzene rings is 1. The van der Waals surface area contributed by atoms with Crippen molar-refractivity contribution in [3.63, 3.8) is 0 Å². The Morgan fingerprint density at radius 1 is 1.35 bits per heavy atom. The largest absolute Gasteiger partial charge is 0.347 e. The van der Waals surface area contributed by atoms with Crippen molar-refractivity contribution >= 4 is 17.5 Å².